The number of nitrogens with one attached hydrogen (secondary N) is 2. The van der Waals surface area contributed by atoms with Crippen molar-refractivity contribution in [2.24, 2.45) is 0 Å². The monoisotopic (exact) mass is 569 g/mol. The van der Waals surface area contributed by atoms with Crippen LogP contribution in [0.4, 0.5) is 11.6 Å². The van der Waals surface area contributed by atoms with Gasteiger partial charge in [-0.3, -0.25) is 14.7 Å². The van der Waals surface area contributed by atoms with Crippen molar-refractivity contribution in [1.82, 2.24) is 29.5 Å². The lowest BCUT2D eigenvalue weighted by Gasteiger charge is -2.41. The van der Waals surface area contributed by atoms with E-state index in [9.17, 15) is 13.2 Å². The summed E-state index contributed by atoms with van der Waals surface area (Å²) in [6.45, 7) is 6.31. The molecule has 2 aliphatic heterocycles. The van der Waals surface area contributed by atoms with Crippen molar-refractivity contribution in [2.45, 2.75) is 58.4 Å². The summed E-state index contributed by atoms with van der Waals surface area (Å²) in [5.74, 6) is 0.506. The van der Waals surface area contributed by atoms with Gasteiger partial charge in [0.25, 0.3) is 5.91 Å². The number of halogens is 1. The molecule has 0 bridgehead atoms. The first-order chi connectivity index (χ1) is 18.6. The molecule has 206 valence electrons. The molecule has 39 heavy (non-hydrogen) atoms. The van der Waals surface area contributed by atoms with Crippen LogP contribution in [-0.2, 0) is 29.7 Å². The maximum Gasteiger partial charge on any atom is 0.254 e. The maximum absolute atomic E-state index is 13.3. The normalized spacial score (nSPS) is 19.6. The summed E-state index contributed by atoms with van der Waals surface area (Å²) in [4.78, 5) is 31.1. The van der Waals surface area contributed by atoms with Crippen LogP contribution in [0.25, 0.3) is 0 Å². The smallest absolute Gasteiger partial charge is 0.254 e. The Balaban J connectivity index is 1.19. The van der Waals surface area contributed by atoms with Crippen molar-refractivity contribution in [3.05, 3.63) is 75.8 Å². The largest absolute Gasteiger partial charge is 0.336 e. The van der Waals surface area contributed by atoms with E-state index in [1.165, 1.54) is 0 Å². The van der Waals surface area contributed by atoms with Gasteiger partial charge in [0.15, 0.2) is 0 Å². The molecule has 2 atom stereocenters. The highest BCUT2D eigenvalue weighted by molar-refractivity contribution is 7.88. The van der Waals surface area contributed by atoms with Crippen molar-refractivity contribution in [2.75, 3.05) is 18.1 Å². The Bertz CT molecular complexity index is 1500. The van der Waals surface area contributed by atoms with Gasteiger partial charge in [-0.15, -0.1) is 0 Å². The van der Waals surface area contributed by atoms with Crippen LogP contribution >= 0.6 is 11.6 Å². The molecule has 12 heteroatoms. The van der Waals surface area contributed by atoms with Crippen molar-refractivity contribution in [3.8, 4) is 0 Å². The fourth-order valence-electron chi connectivity index (χ4n) is 5.24. The number of carbonyl (C=O) groups is 1. The summed E-state index contributed by atoms with van der Waals surface area (Å²) in [5, 5.41) is 3.99. The molecule has 1 aromatic carbocycles. The minimum atomic E-state index is -3.35. The van der Waals surface area contributed by atoms with E-state index >= 15 is 0 Å². The zero-order chi connectivity index (χ0) is 27.7. The molecule has 1 fully saturated rings. The fourth-order valence-corrected chi connectivity index (χ4v) is 5.88. The van der Waals surface area contributed by atoms with Gasteiger partial charge in [-0.05, 0) is 62.6 Å². The Labute approximate surface area is 233 Å². The third kappa shape index (κ3) is 6.55. The summed E-state index contributed by atoms with van der Waals surface area (Å²) >= 11 is 6.08. The molecule has 2 aliphatic rings. The van der Waals surface area contributed by atoms with Gasteiger partial charge in [0.1, 0.15) is 0 Å². The van der Waals surface area contributed by atoms with Gasteiger partial charge in [-0.1, -0.05) is 11.6 Å². The van der Waals surface area contributed by atoms with Crippen molar-refractivity contribution >= 4 is 39.2 Å². The molecule has 0 aliphatic carbocycles. The number of pyridine rings is 1. The number of piperidine rings is 1. The number of nitrogens with zero attached hydrogens (tertiary/aromatic N) is 5. The lowest BCUT2D eigenvalue weighted by Crippen LogP contribution is -2.50. The predicted octanol–water partition coefficient (Wildman–Crippen LogP) is 3.64. The number of aromatic nitrogens is 3. The number of hydrogen-bond acceptors (Lipinski definition) is 8. The lowest BCUT2D eigenvalue weighted by molar-refractivity contribution is 0.0460. The maximum atomic E-state index is 13.3. The van der Waals surface area contributed by atoms with E-state index in [0.717, 1.165) is 54.7 Å². The van der Waals surface area contributed by atoms with Crippen molar-refractivity contribution in [3.63, 3.8) is 0 Å². The van der Waals surface area contributed by atoms with Crippen LogP contribution in [0.3, 0.4) is 0 Å². The Morgan fingerprint density at radius 3 is 2.74 bits per heavy atom. The Kier molecular flexibility index (Phi) is 7.86. The van der Waals surface area contributed by atoms with Crippen molar-refractivity contribution in [1.29, 1.82) is 0 Å². The molecule has 0 spiro atoms. The third-order valence-electron chi connectivity index (χ3n) is 7.32. The molecular weight excluding hydrogens is 538 g/mol. The summed E-state index contributed by atoms with van der Waals surface area (Å²) < 4.78 is 25.2. The second-order valence-electron chi connectivity index (χ2n) is 10.3. The standard InChI is InChI=1S/C27H32ClN7O3S/c1-17-10-21(28)4-5-24(17)32-27-30-13-20-15-34(16-25(20)33-27)23-7-9-35(18(2)11-23)26(36)19-6-8-29-22(12-19)14-31-39(3,37)38/h4-6,8,10,12-13,18,23,31H,7,9,11,14-16H2,1-3H3,(H,30,32,33)/t18-,23-/m1/s1. The number of aryl methyl sites for hydroxylation is 1. The first-order valence-corrected chi connectivity index (χ1v) is 15.2. The van der Waals surface area contributed by atoms with Crippen LogP contribution in [0.15, 0.2) is 42.7 Å². The van der Waals surface area contributed by atoms with Crippen LogP contribution in [0.1, 0.15) is 52.6 Å². The first-order valence-electron chi connectivity index (χ1n) is 12.9. The third-order valence-corrected chi connectivity index (χ3v) is 8.22. The van der Waals surface area contributed by atoms with E-state index in [0.29, 0.717) is 34.8 Å². The quantitative estimate of drug-likeness (QED) is 0.442. The Morgan fingerprint density at radius 1 is 1.18 bits per heavy atom. The fraction of sp³-hybridized carbons (Fsp3) is 0.407. The van der Waals surface area contributed by atoms with Gasteiger partial charge in [-0.2, -0.15) is 0 Å². The number of fused-ring (bicyclic) bond motifs is 1. The highest BCUT2D eigenvalue weighted by Gasteiger charge is 2.35. The molecule has 0 radical (unpaired) electrons. The highest BCUT2D eigenvalue weighted by atomic mass is 35.5. The highest BCUT2D eigenvalue weighted by Crippen LogP contribution is 2.31. The second kappa shape index (κ2) is 11.2. The second-order valence-corrected chi connectivity index (χ2v) is 12.6. The van der Waals surface area contributed by atoms with Gasteiger partial charge < -0.3 is 10.2 Å². The number of hydrogen-bond donors (Lipinski definition) is 2. The van der Waals surface area contributed by atoms with E-state index in [-0.39, 0.29) is 18.5 Å². The van der Waals surface area contributed by atoms with E-state index in [2.05, 4.69) is 31.8 Å². The van der Waals surface area contributed by atoms with E-state index in [1.54, 1.807) is 18.3 Å². The topological polar surface area (TPSA) is 120 Å². The summed E-state index contributed by atoms with van der Waals surface area (Å²) in [5.41, 5.74) is 5.12. The number of benzene rings is 1. The molecule has 1 amide bonds. The summed E-state index contributed by atoms with van der Waals surface area (Å²) in [6, 6.07) is 9.40. The molecule has 5 rings (SSSR count). The average molecular weight is 570 g/mol. The zero-order valence-corrected chi connectivity index (χ0v) is 23.8. The molecular formula is C27H32ClN7O3S. The molecule has 4 heterocycles. The summed E-state index contributed by atoms with van der Waals surface area (Å²) in [7, 11) is -3.35. The minimum Gasteiger partial charge on any atom is -0.336 e. The number of sulfonamides is 1. The molecule has 10 nitrogen and oxygen atoms in total. The van der Waals surface area contributed by atoms with Gasteiger partial charge >= 0.3 is 0 Å². The number of amides is 1. The van der Waals surface area contributed by atoms with Gasteiger partial charge in [0, 0.05) is 65.9 Å². The Hall–Kier alpha value is -3.12. The minimum absolute atomic E-state index is 0.0481. The lowest BCUT2D eigenvalue weighted by atomic mass is 9.96. The van der Waals surface area contributed by atoms with E-state index in [4.69, 9.17) is 16.6 Å². The van der Waals surface area contributed by atoms with Gasteiger partial charge in [-0.25, -0.2) is 23.1 Å². The molecule has 2 N–H and O–H groups in total. The first kappa shape index (κ1) is 27.4. The average Bonchev–Trinajstić information content (AvgIpc) is 3.32. The number of likely N-dealkylation sites (tertiary alicyclic amines) is 1. The SMILES string of the molecule is Cc1cc(Cl)ccc1Nc1ncc2c(n1)CN([C@@H]1CCN(C(=O)c3ccnc(CNS(C)(=O)=O)c3)[C@H](C)C1)C2. The number of rotatable bonds is 7. The van der Waals surface area contributed by atoms with Gasteiger partial charge in [0.05, 0.1) is 24.2 Å². The molecule has 2 aromatic heterocycles. The van der Waals surface area contributed by atoms with Crippen LogP contribution in [0, 0.1) is 6.92 Å². The van der Waals surface area contributed by atoms with Crippen LogP contribution in [0.2, 0.25) is 5.02 Å². The van der Waals surface area contributed by atoms with Crippen LogP contribution in [0.5, 0.6) is 0 Å². The van der Waals surface area contributed by atoms with Crippen molar-refractivity contribution < 1.29 is 13.2 Å². The van der Waals surface area contributed by atoms with Crippen LogP contribution in [-0.4, -0.2) is 64.0 Å². The Morgan fingerprint density at radius 2 is 2.00 bits per heavy atom. The number of anilines is 2. The number of carbonyl (C=O) groups excluding carboxylic acids is 1. The van der Waals surface area contributed by atoms with E-state index in [1.807, 2.05) is 36.2 Å². The predicted molar refractivity (Wildman–Crippen MR) is 150 cm³/mol. The van der Waals surface area contributed by atoms with Gasteiger partial charge in [0.2, 0.25) is 16.0 Å². The molecule has 0 unspecified atom stereocenters. The molecule has 1 saturated heterocycles. The molecule has 0 saturated carbocycles. The van der Waals surface area contributed by atoms with E-state index < -0.39 is 10.0 Å². The molecule has 3 aromatic rings. The zero-order valence-electron chi connectivity index (χ0n) is 22.2. The summed E-state index contributed by atoms with van der Waals surface area (Å²) in [6.07, 6.45) is 6.26. The van der Waals surface area contributed by atoms with Crippen LogP contribution < -0.4 is 10.0 Å².